The maximum absolute atomic E-state index is 12.5. The Labute approximate surface area is 159 Å². The molecule has 7 heteroatoms. The van der Waals surface area contributed by atoms with Crippen LogP contribution in [0.15, 0.2) is 47.4 Å². The van der Waals surface area contributed by atoms with Gasteiger partial charge in [-0.1, -0.05) is 29.9 Å². The largest absolute Gasteiger partial charge is 0.493 e. The van der Waals surface area contributed by atoms with Gasteiger partial charge in [0.2, 0.25) is 0 Å². The van der Waals surface area contributed by atoms with Crippen LogP contribution in [-0.2, 0) is 10.1 Å². The highest BCUT2D eigenvalue weighted by molar-refractivity contribution is 7.87. The lowest BCUT2D eigenvalue weighted by atomic mass is 10.2. The predicted octanol–water partition coefficient (Wildman–Crippen LogP) is 3.54. The molecule has 0 amide bonds. The van der Waals surface area contributed by atoms with Crippen LogP contribution in [0.2, 0.25) is 0 Å². The standard InChI is InChI=1S/C19H21NO4S2/c1-14-5-8-16(9-6-14)26(21,22)24-17-10-7-15(13-18(17)23-2)19(25)20-11-3-4-12-20/h5-10,13H,3-4,11-12H2,1-2H3. The summed E-state index contributed by atoms with van der Waals surface area (Å²) in [6.07, 6.45) is 2.26. The smallest absolute Gasteiger partial charge is 0.339 e. The molecule has 0 saturated carbocycles. The maximum Gasteiger partial charge on any atom is 0.339 e. The molecule has 26 heavy (non-hydrogen) atoms. The Morgan fingerprint density at radius 3 is 2.31 bits per heavy atom. The highest BCUT2D eigenvalue weighted by Gasteiger charge is 2.21. The lowest BCUT2D eigenvalue weighted by Crippen LogP contribution is -2.26. The molecule has 2 aromatic carbocycles. The van der Waals surface area contributed by atoms with Gasteiger partial charge in [0.25, 0.3) is 0 Å². The van der Waals surface area contributed by atoms with Gasteiger partial charge in [0, 0.05) is 18.7 Å². The van der Waals surface area contributed by atoms with E-state index in [2.05, 4.69) is 4.90 Å². The van der Waals surface area contributed by atoms with Gasteiger partial charge in [0.15, 0.2) is 11.5 Å². The second-order valence-electron chi connectivity index (χ2n) is 6.22. The van der Waals surface area contributed by atoms with Gasteiger partial charge >= 0.3 is 10.1 Å². The van der Waals surface area contributed by atoms with Crippen molar-refractivity contribution >= 4 is 27.3 Å². The molecule has 0 aromatic heterocycles. The van der Waals surface area contributed by atoms with Crippen LogP contribution >= 0.6 is 12.2 Å². The number of ether oxygens (including phenoxy) is 1. The lowest BCUT2D eigenvalue weighted by molar-refractivity contribution is 0.390. The number of rotatable bonds is 5. The predicted molar refractivity (Wildman–Crippen MR) is 104 cm³/mol. The summed E-state index contributed by atoms with van der Waals surface area (Å²) < 4.78 is 35.6. The molecule has 1 aliphatic rings. The van der Waals surface area contributed by atoms with Gasteiger partial charge < -0.3 is 13.8 Å². The third-order valence-corrected chi connectivity index (χ3v) is 6.06. The summed E-state index contributed by atoms with van der Waals surface area (Å²) in [4.78, 5) is 2.99. The van der Waals surface area contributed by atoms with Crippen molar-refractivity contribution in [1.29, 1.82) is 0 Å². The van der Waals surface area contributed by atoms with E-state index in [4.69, 9.17) is 21.1 Å². The maximum atomic E-state index is 12.5. The van der Waals surface area contributed by atoms with E-state index < -0.39 is 10.1 Å². The zero-order chi connectivity index (χ0) is 18.7. The monoisotopic (exact) mass is 391 g/mol. The second kappa shape index (κ2) is 7.63. The Balaban J connectivity index is 1.85. The first-order valence-electron chi connectivity index (χ1n) is 8.39. The molecule has 0 spiro atoms. The van der Waals surface area contributed by atoms with Crippen molar-refractivity contribution in [2.45, 2.75) is 24.7 Å². The Bertz CT molecular complexity index is 902. The van der Waals surface area contributed by atoms with E-state index in [9.17, 15) is 8.42 Å². The summed E-state index contributed by atoms with van der Waals surface area (Å²) in [5.74, 6) is 0.473. The van der Waals surface area contributed by atoms with Crippen molar-refractivity contribution in [3.63, 3.8) is 0 Å². The summed E-state index contributed by atoms with van der Waals surface area (Å²) in [7, 11) is -2.46. The molecule has 1 fully saturated rings. The van der Waals surface area contributed by atoms with Crippen molar-refractivity contribution in [1.82, 2.24) is 4.90 Å². The number of benzene rings is 2. The van der Waals surface area contributed by atoms with E-state index in [0.717, 1.165) is 42.0 Å². The number of hydrogen-bond donors (Lipinski definition) is 0. The minimum atomic E-state index is -3.93. The highest BCUT2D eigenvalue weighted by Crippen LogP contribution is 2.31. The van der Waals surface area contributed by atoms with Gasteiger partial charge in [-0.25, -0.2) is 0 Å². The minimum Gasteiger partial charge on any atom is -0.493 e. The van der Waals surface area contributed by atoms with Gasteiger partial charge in [-0.15, -0.1) is 0 Å². The highest BCUT2D eigenvalue weighted by atomic mass is 32.2. The van der Waals surface area contributed by atoms with Crippen molar-refractivity contribution < 1.29 is 17.3 Å². The van der Waals surface area contributed by atoms with Crippen LogP contribution < -0.4 is 8.92 Å². The second-order valence-corrected chi connectivity index (χ2v) is 8.15. The number of thiocarbonyl (C=S) groups is 1. The van der Waals surface area contributed by atoms with Gasteiger partial charge in [-0.2, -0.15) is 8.42 Å². The van der Waals surface area contributed by atoms with Gasteiger partial charge in [0.1, 0.15) is 9.88 Å². The molecule has 3 rings (SSSR count). The summed E-state index contributed by atoms with van der Waals surface area (Å²) in [6.45, 7) is 3.78. The minimum absolute atomic E-state index is 0.0989. The number of hydrogen-bond acceptors (Lipinski definition) is 5. The summed E-state index contributed by atoms with van der Waals surface area (Å²) >= 11 is 5.54. The molecule has 5 nitrogen and oxygen atoms in total. The molecular weight excluding hydrogens is 370 g/mol. The van der Waals surface area contributed by atoms with Crippen LogP contribution in [0.3, 0.4) is 0 Å². The summed E-state index contributed by atoms with van der Waals surface area (Å²) in [5, 5.41) is 0. The van der Waals surface area contributed by atoms with E-state index in [1.807, 2.05) is 6.92 Å². The molecule has 1 aliphatic heterocycles. The topological polar surface area (TPSA) is 55.8 Å². The first kappa shape index (κ1) is 18.7. The molecule has 0 atom stereocenters. The van der Waals surface area contributed by atoms with E-state index >= 15 is 0 Å². The molecule has 1 saturated heterocycles. The Morgan fingerprint density at radius 1 is 1.04 bits per heavy atom. The molecule has 0 aliphatic carbocycles. The number of likely N-dealkylation sites (tertiary alicyclic amines) is 1. The van der Waals surface area contributed by atoms with Crippen molar-refractivity contribution in [3.05, 3.63) is 53.6 Å². The fraction of sp³-hybridized carbons (Fsp3) is 0.316. The molecule has 0 radical (unpaired) electrons. The average Bonchev–Trinajstić information content (AvgIpc) is 3.16. The van der Waals surface area contributed by atoms with Crippen LogP contribution in [0.4, 0.5) is 0 Å². The van der Waals surface area contributed by atoms with Crippen LogP contribution in [-0.4, -0.2) is 38.5 Å². The van der Waals surface area contributed by atoms with E-state index in [1.54, 1.807) is 30.3 Å². The Kier molecular flexibility index (Phi) is 5.48. The van der Waals surface area contributed by atoms with Crippen LogP contribution in [0.25, 0.3) is 0 Å². The molecule has 2 aromatic rings. The van der Waals surface area contributed by atoms with Gasteiger partial charge in [-0.3, -0.25) is 0 Å². The quantitative estimate of drug-likeness (QED) is 0.574. The van der Waals surface area contributed by atoms with Gasteiger partial charge in [0.05, 0.1) is 7.11 Å². The summed E-state index contributed by atoms with van der Waals surface area (Å²) in [6, 6.07) is 11.6. The number of aryl methyl sites for hydroxylation is 1. The third kappa shape index (κ3) is 3.99. The summed E-state index contributed by atoms with van der Waals surface area (Å²) in [5.41, 5.74) is 1.79. The fourth-order valence-corrected chi connectivity index (χ4v) is 4.09. The molecule has 0 N–H and O–H groups in total. The average molecular weight is 392 g/mol. The van der Waals surface area contributed by atoms with E-state index in [0.29, 0.717) is 5.75 Å². The number of methoxy groups -OCH3 is 1. The van der Waals surface area contributed by atoms with Crippen LogP contribution in [0.5, 0.6) is 11.5 Å². The van der Waals surface area contributed by atoms with Crippen LogP contribution in [0.1, 0.15) is 24.0 Å². The van der Waals surface area contributed by atoms with Crippen molar-refractivity contribution in [2.75, 3.05) is 20.2 Å². The van der Waals surface area contributed by atoms with Crippen LogP contribution in [0, 0.1) is 6.92 Å². The number of nitrogens with zero attached hydrogens (tertiary/aromatic N) is 1. The van der Waals surface area contributed by atoms with Gasteiger partial charge in [-0.05, 0) is 50.1 Å². The first-order chi connectivity index (χ1) is 12.4. The molecule has 0 unspecified atom stereocenters. The Hall–Kier alpha value is -2.12. The Morgan fingerprint density at radius 2 is 1.69 bits per heavy atom. The lowest BCUT2D eigenvalue weighted by Gasteiger charge is -2.19. The SMILES string of the molecule is COc1cc(C(=S)N2CCCC2)ccc1OS(=O)(=O)c1ccc(C)cc1. The molecular formula is C19H21NO4S2. The molecule has 138 valence electrons. The van der Waals surface area contributed by atoms with E-state index in [1.165, 1.54) is 19.2 Å². The van der Waals surface area contributed by atoms with Crippen molar-refractivity contribution in [3.8, 4) is 11.5 Å². The van der Waals surface area contributed by atoms with Crippen molar-refractivity contribution in [2.24, 2.45) is 0 Å². The van der Waals surface area contributed by atoms with E-state index in [-0.39, 0.29) is 10.6 Å². The zero-order valence-electron chi connectivity index (χ0n) is 14.8. The first-order valence-corrected chi connectivity index (χ1v) is 10.2. The fourth-order valence-electron chi connectivity index (χ4n) is 2.84. The normalized spacial score (nSPS) is 14.3. The zero-order valence-corrected chi connectivity index (χ0v) is 16.4. The molecule has 0 bridgehead atoms. The molecule has 1 heterocycles. The third-order valence-electron chi connectivity index (χ3n) is 4.31.